The van der Waals surface area contributed by atoms with Crippen molar-refractivity contribution in [3.05, 3.63) is 107 Å². The number of aromatic nitrogens is 3. The summed E-state index contributed by atoms with van der Waals surface area (Å²) in [6.07, 6.45) is 3.23. The molecule has 6 rings (SSSR count). The van der Waals surface area contributed by atoms with Crippen molar-refractivity contribution < 1.29 is 14.3 Å². The van der Waals surface area contributed by atoms with E-state index in [0.29, 0.717) is 11.5 Å². The number of ether oxygens (including phenoxy) is 2. The number of para-hydroxylation sites is 1. The molecule has 2 aliphatic heterocycles. The summed E-state index contributed by atoms with van der Waals surface area (Å²) in [7, 11) is 1.38. The molecule has 1 aromatic heterocycles. The molecule has 0 amide bonds. The number of hydrogen-bond donors (Lipinski definition) is 1. The van der Waals surface area contributed by atoms with Gasteiger partial charge in [-0.15, -0.1) is 11.8 Å². The first-order valence-corrected chi connectivity index (χ1v) is 12.4. The second kappa shape index (κ2) is 8.63. The normalized spacial score (nSPS) is 18.0. The van der Waals surface area contributed by atoms with Gasteiger partial charge in [0.2, 0.25) is 5.95 Å². The Balaban J connectivity index is 1.55. The molecule has 2 atom stereocenters. The molecule has 7 nitrogen and oxygen atoms in total. The van der Waals surface area contributed by atoms with E-state index in [9.17, 15) is 4.79 Å². The van der Waals surface area contributed by atoms with Crippen molar-refractivity contribution in [2.45, 2.75) is 17.0 Å². The van der Waals surface area contributed by atoms with Crippen LogP contribution < -0.4 is 10.1 Å². The molecule has 0 aliphatic carbocycles. The van der Waals surface area contributed by atoms with Crippen molar-refractivity contribution in [2.75, 3.05) is 18.7 Å². The van der Waals surface area contributed by atoms with Crippen LogP contribution >= 0.6 is 11.8 Å². The van der Waals surface area contributed by atoms with Crippen molar-refractivity contribution >= 4 is 29.4 Å². The van der Waals surface area contributed by atoms with Crippen LogP contribution in [-0.2, 0) is 4.74 Å². The first-order chi connectivity index (χ1) is 17.2. The van der Waals surface area contributed by atoms with E-state index < -0.39 is 6.10 Å². The van der Waals surface area contributed by atoms with Crippen molar-refractivity contribution in [2.24, 2.45) is 0 Å². The average Bonchev–Trinajstić information content (AvgIpc) is 3.39. The number of benzene rings is 3. The number of thioether (sulfide) groups is 1. The maximum absolute atomic E-state index is 12.0. The summed E-state index contributed by atoms with van der Waals surface area (Å²) in [6.45, 7) is 0. The van der Waals surface area contributed by atoms with Gasteiger partial charge >= 0.3 is 5.97 Å². The third kappa shape index (κ3) is 3.57. The van der Waals surface area contributed by atoms with Crippen molar-refractivity contribution in [3.63, 3.8) is 0 Å². The predicted molar refractivity (Wildman–Crippen MR) is 135 cm³/mol. The van der Waals surface area contributed by atoms with Gasteiger partial charge < -0.3 is 14.8 Å². The quantitative estimate of drug-likeness (QED) is 0.310. The Labute approximate surface area is 206 Å². The minimum absolute atomic E-state index is 0.224. The summed E-state index contributed by atoms with van der Waals surface area (Å²) in [5.41, 5.74) is 5.48. The van der Waals surface area contributed by atoms with Crippen LogP contribution in [0.25, 0.3) is 5.70 Å². The molecule has 0 bridgehead atoms. The first-order valence-electron chi connectivity index (χ1n) is 11.2. The zero-order valence-electron chi connectivity index (χ0n) is 19.1. The number of hydrogen-bond acceptors (Lipinski definition) is 7. The molecule has 8 heteroatoms. The fourth-order valence-electron chi connectivity index (χ4n) is 4.71. The van der Waals surface area contributed by atoms with E-state index in [4.69, 9.17) is 9.47 Å². The topological polar surface area (TPSA) is 78.3 Å². The molecule has 0 spiro atoms. The Kier molecular flexibility index (Phi) is 5.30. The van der Waals surface area contributed by atoms with Crippen molar-refractivity contribution in [1.82, 2.24) is 14.8 Å². The fraction of sp³-hybridized carbons (Fsp3) is 0.148. The Morgan fingerprint density at radius 3 is 2.51 bits per heavy atom. The number of carbonyl (C=O) groups is 1. The van der Waals surface area contributed by atoms with E-state index in [1.807, 2.05) is 41.1 Å². The summed E-state index contributed by atoms with van der Waals surface area (Å²) >= 11 is 1.71. The predicted octanol–water partition coefficient (Wildman–Crippen LogP) is 5.35. The molecule has 3 heterocycles. The zero-order chi connectivity index (χ0) is 23.9. The Hall–Kier alpha value is -4.04. The van der Waals surface area contributed by atoms with E-state index in [2.05, 4.69) is 45.9 Å². The fourth-order valence-corrected chi connectivity index (χ4v) is 5.12. The van der Waals surface area contributed by atoms with Crippen LogP contribution in [0.1, 0.15) is 39.2 Å². The second-order valence-corrected chi connectivity index (χ2v) is 9.15. The van der Waals surface area contributed by atoms with Gasteiger partial charge in [0, 0.05) is 16.0 Å². The van der Waals surface area contributed by atoms with E-state index >= 15 is 0 Å². The van der Waals surface area contributed by atoms with Crippen LogP contribution in [0.3, 0.4) is 0 Å². The van der Waals surface area contributed by atoms with Crippen LogP contribution in [0.4, 0.5) is 5.95 Å². The number of fused-ring (bicyclic) bond motifs is 3. The van der Waals surface area contributed by atoms with Gasteiger partial charge in [0.25, 0.3) is 0 Å². The number of anilines is 1. The highest BCUT2D eigenvalue weighted by molar-refractivity contribution is 7.98. The number of nitrogens with zero attached hydrogens (tertiary/aromatic N) is 3. The van der Waals surface area contributed by atoms with Gasteiger partial charge in [-0.3, -0.25) is 0 Å². The van der Waals surface area contributed by atoms with Crippen LogP contribution in [-0.4, -0.2) is 34.1 Å². The molecule has 2 aliphatic rings. The molecule has 0 radical (unpaired) electrons. The number of nitrogens with one attached hydrogen (secondary N) is 1. The highest BCUT2D eigenvalue weighted by Crippen LogP contribution is 2.50. The van der Waals surface area contributed by atoms with Crippen LogP contribution in [0.2, 0.25) is 0 Å². The van der Waals surface area contributed by atoms with E-state index in [1.165, 1.54) is 12.0 Å². The molecule has 174 valence electrons. The smallest absolute Gasteiger partial charge is 0.337 e. The Morgan fingerprint density at radius 1 is 1.03 bits per heavy atom. The van der Waals surface area contributed by atoms with Crippen LogP contribution in [0.15, 0.2) is 89.6 Å². The molecule has 3 aromatic carbocycles. The summed E-state index contributed by atoms with van der Waals surface area (Å²) in [6, 6.07) is 23.6. The molecule has 0 saturated heterocycles. The SMILES string of the molecule is COC(=O)c1ccc([C@H]2Oc3ccccc3C3=C2[C@@H](c2ccc(SC)cc2)n2ncnc2N3)cc1. The maximum Gasteiger partial charge on any atom is 0.337 e. The Bertz CT molecular complexity index is 1440. The lowest BCUT2D eigenvalue weighted by Gasteiger charge is -2.39. The zero-order valence-corrected chi connectivity index (χ0v) is 20.0. The summed E-state index contributed by atoms with van der Waals surface area (Å²) in [4.78, 5) is 17.7. The lowest BCUT2D eigenvalue weighted by Crippen LogP contribution is -2.32. The van der Waals surface area contributed by atoms with Crippen LogP contribution in [0.5, 0.6) is 5.75 Å². The van der Waals surface area contributed by atoms with Gasteiger partial charge in [-0.25, -0.2) is 9.48 Å². The standard InChI is InChI=1S/C27H22N4O3S/c1-33-26(32)18-9-7-17(8-10-18)25-22-23(20-5-3-4-6-21(20)34-25)30-27-28-15-29-31(27)24(22)16-11-13-19(35-2)14-12-16/h3-15,24-25H,1-2H3,(H,28,29,30)/t24-,25-/m1/s1. The maximum atomic E-state index is 12.0. The number of carbonyl (C=O) groups excluding carboxylic acids is 1. The highest BCUT2D eigenvalue weighted by Gasteiger charge is 2.40. The third-order valence-electron chi connectivity index (χ3n) is 6.39. The molecule has 0 saturated carbocycles. The van der Waals surface area contributed by atoms with Gasteiger partial charge in [-0.1, -0.05) is 36.4 Å². The van der Waals surface area contributed by atoms with E-state index in [-0.39, 0.29) is 12.0 Å². The number of methoxy groups -OCH3 is 1. The van der Waals surface area contributed by atoms with Gasteiger partial charge in [-0.2, -0.15) is 10.1 Å². The monoisotopic (exact) mass is 482 g/mol. The Morgan fingerprint density at radius 2 is 1.77 bits per heavy atom. The molecule has 0 fully saturated rings. The molecule has 1 N–H and O–H groups in total. The average molecular weight is 483 g/mol. The molecule has 0 unspecified atom stereocenters. The lowest BCUT2D eigenvalue weighted by molar-refractivity contribution is 0.0600. The number of rotatable bonds is 4. The highest BCUT2D eigenvalue weighted by atomic mass is 32.2. The summed E-state index contributed by atoms with van der Waals surface area (Å²) < 4.78 is 13.4. The molecule has 35 heavy (non-hydrogen) atoms. The van der Waals surface area contributed by atoms with Gasteiger partial charge in [0.1, 0.15) is 24.2 Å². The first kappa shape index (κ1) is 21.5. The minimum atomic E-state index is -0.401. The summed E-state index contributed by atoms with van der Waals surface area (Å²) in [5.74, 6) is 1.09. The van der Waals surface area contributed by atoms with Gasteiger partial charge in [0.05, 0.1) is 18.4 Å². The lowest BCUT2D eigenvalue weighted by atomic mass is 9.84. The van der Waals surface area contributed by atoms with Crippen molar-refractivity contribution in [3.8, 4) is 5.75 Å². The third-order valence-corrected chi connectivity index (χ3v) is 7.13. The van der Waals surface area contributed by atoms with Gasteiger partial charge in [-0.05, 0) is 53.8 Å². The second-order valence-electron chi connectivity index (χ2n) is 8.27. The van der Waals surface area contributed by atoms with Gasteiger partial charge in [0.15, 0.2) is 0 Å². The summed E-state index contributed by atoms with van der Waals surface area (Å²) in [5, 5.41) is 8.07. The van der Waals surface area contributed by atoms with E-state index in [0.717, 1.165) is 33.7 Å². The molecule has 4 aromatic rings. The number of esters is 1. The van der Waals surface area contributed by atoms with Crippen molar-refractivity contribution in [1.29, 1.82) is 0 Å². The largest absolute Gasteiger partial charge is 0.480 e. The molecular formula is C27H22N4O3S. The van der Waals surface area contributed by atoms with E-state index in [1.54, 1.807) is 30.2 Å². The van der Waals surface area contributed by atoms with Crippen LogP contribution in [0, 0.1) is 0 Å². The molecular weight excluding hydrogens is 460 g/mol. The minimum Gasteiger partial charge on any atom is -0.480 e.